The van der Waals surface area contributed by atoms with E-state index in [1.807, 2.05) is 0 Å². The first kappa shape index (κ1) is 82.1. The van der Waals surface area contributed by atoms with Crippen LogP contribution in [0.2, 0.25) is 0 Å². The number of ether oxygens (including phenoxy) is 4. The molecule has 0 fully saturated rings. The Balaban J connectivity index is 5.26. The molecule has 17 nitrogen and oxygen atoms in total. The lowest BCUT2D eigenvalue weighted by atomic mass is 9.99. The minimum atomic E-state index is -4.95. The normalized spacial score (nSPS) is 15.4. The van der Waals surface area contributed by atoms with E-state index in [0.717, 1.165) is 120 Å². The molecular weight excluding hydrogens is 1110 g/mol. The minimum Gasteiger partial charge on any atom is -0.462 e. The number of hydrogen-bond acceptors (Lipinski definition) is 15. The fourth-order valence-electron chi connectivity index (χ4n) is 9.51. The summed E-state index contributed by atoms with van der Waals surface area (Å²) in [7, 11) is -9.89. The van der Waals surface area contributed by atoms with Gasteiger partial charge in [-0.25, -0.2) is 9.13 Å². The predicted octanol–water partition coefficient (Wildman–Crippen LogP) is 17.8. The third-order valence-corrected chi connectivity index (χ3v) is 17.8. The number of phosphoric acid groups is 2. The molecule has 0 aliphatic carbocycles. The van der Waals surface area contributed by atoms with Crippen molar-refractivity contribution in [1.29, 1.82) is 0 Å². The van der Waals surface area contributed by atoms with Crippen LogP contribution in [0.25, 0.3) is 0 Å². The van der Waals surface area contributed by atoms with Gasteiger partial charge in [-0.15, -0.1) is 0 Å². The van der Waals surface area contributed by atoms with E-state index in [1.54, 1.807) is 0 Å². The molecule has 19 heteroatoms. The van der Waals surface area contributed by atoms with Crippen LogP contribution in [-0.4, -0.2) is 96.7 Å². The standard InChI is InChI=1S/C65H126O17P2/c1-9-56(6)42-34-26-18-14-12-13-15-19-31-39-47-64(69)81-60(51-75-62(67)45-37-29-23-21-27-35-43-57(7)10-2)53-79-83(71,72)77-49-59(66)50-78-84(73,74)80-54-61(82-65(70)48-40-32-20-16-17-25-33-41-55(4)5)52-76-63(68)46-38-30-24-22-28-36-44-58(8)11-3/h55-61,66H,9-54H2,1-8H3,(H,71,72)(H,73,74)/t56?,57?,58?,59-,60-,61-/m1/s1. The molecule has 0 radical (unpaired) electrons. The molecule has 0 spiro atoms. The lowest BCUT2D eigenvalue weighted by Crippen LogP contribution is -2.30. The third kappa shape index (κ3) is 55.4. The van der Waals surface area contributed by atoms with Crippen molar-refractivity contribution >= 4 is 39.5 Å². The molecule has 0 saturated carbocycles. The Kier molecular flexibility index (Phi) is 53.9. The number of aliphatic hydroxyl groups excluding tert-OH is 1. The van der Waals surface area contributed by atoms with E-state index in [9.17, 15) is 43.2 Å². The molecule has 0 aromatic rings. The number of esters is 4. The highest BCUT2D eigenvalue weighted by molar-refractivity contribution is 7.47. The van der Waals surface area contributed by atoms with E-state index >= 15 is 0 Å². The molecule has 0 heterocycles. The topological polar surface area (TPSA) is 237 Å². The molecule has 0 saturated heterocycles. The van der Waals surface area contributed by atoms with Gasteiger partial charge in [0.2, 0.25) is 0 Å². The molecule has 0 amide bonds. The van der Waals surface area contributed by atoms with E-state index in [1.165, 1.54) is 103 Å². The van der Waals surface area contributed by atoms with E-state index < -0.39 is 97.5 Å². The van der Waals surface area contributed by atoms with Gasteiger partial charge in [0, 0.05) is 25.7 Å². The summed E-state index contributed by atoms with van der Waals surface area (Å²) < 4.78 is 68.0. The number of carbonyl (C=O) groups excluding carboxylic acids is 4. The fourth-order valence-corrected chi connectivity index (χ4v) is 11.1. The van der Waals surface area contributed by atoms with E-state index in [0.29, 0.717) is 31.6 Å². The van der Waals surface area contributed by atoms with Crippen molar-refractivity contribution in [2.24, 2.45) is 23.7 Å². The Morgan fingerprint density at radius 3 is 0.845 bits per heavy atom. The second kappa shape index (κ2) is 55.2. The summed E-state index contributed by atoms with van der Waals surface area (Å²) in [4.78, 5) is 72.3. The van der Waals surface area contributed by atoms with Crippen molar-refractivity contribution < 1.29 is 80.2 Å². The summed E-state index contributed by atoms with van der Waals surface area (Å²) in [5.41, 5.74) is 0. The Bertz CT molecular complexity index is 1680. The summed E-state index contributed by atoms with van der Waals surface area (Å²) in [6.45, 7) is 14.0. The van der Waals surface area contributed by atoms with Crippen LogP contribution >= 0.6 is 15.6 Å². The Labute approximate surface area is 511 Å². The minimum absolute atomic E-state index is 0.102. The Morgan fingerprint density at radius 2 is 0.571 bits per heavy atom. The molecule has 0 aliphatic heterocycles. The van der Waals surface area contributed by atoms with Gasteiger partial charge < -0.3 is 33.8 Å². The molecule has 0 aromatic heterocycles. The molecule has 0 rings (SSSR count). The summed E-state index contributed by atoms with van der Waals surface area (Å²) in [6, 6.07) is 0. The first-order chi connectivity index (χ1) is 40.2. The number of carbonyl (C=O) groups is 4. The molecule has 84 heavy (non-hydrogen) atoms. The number of phosphoric ester groups is 2. The van der Waals surface area contributed by atoms with Gasteiger partial charge >= 0.3 is 39.5 Å². The highest BCUT2D eigenvalue weighted by Gasteiger charge is 2.30. The number of rotatable bonds is 62. The van der Waals surface area contributed by atoms with Crippen LogP contribution in [0.1, 0.15) is 312 Å². The van der Waals surface area contributed by atoms with Crippen LogP contribution in [-0.2, 0) is 65.4 Å². The second-order valence-corrected chi connectivity index (χ2v) is 27.6. The van der Waals surface area contributed by atoms with Gasteiger partial charge in [0.05, 0.1) is 26.4 Å². The maximum atomic E-state index is 13.0. The monoisotopic (exact) mass is 1240 g/mol. The van der Waals surface area contributed by atoms with Crippen molar-refractivity contribution in [3.8, 4) is 0 Å². The van der Waals surface area contributed by atoms with Crippen molar-refractivity contribution in [3.63, 3.8) is 0 Å². The average molecular weight is 1240 g/mol. The SMILES string of the molecule is CCC(C)CCCCCCCCCCCCC(=O)O[C@H](COC(=O)CCCCCCCCC(C)CC)COP(=O)(O)OC[C@@H](O)COP(=O)(O)OC[C@@H](COC(=O)CCCCCCCCC(C)CC)OC(=O)CCCCCCCCCC(C)C. The summed E-state index contributed by atoms with van der Waals surface area (Å²) >= 11 is 0. The Hall–Kier alpha value is -1.94. The Morgan fingerprint density at radius 1 is 0.333 bits per heavy atom. The molecule has 0 aliphatic rings. The van der Waals surface area contributed by atoms with Gasteiger partial charge in [0.15, 0.2) is 12.2 Å². The van der Waals surface area contributed by atoms with Gasteiger partial charge in [0.25, 0.3) is 0 Å². The third-order valence-electron chi connectivity index (χ3n) is 15.9. The zero-order valence-electron chi connectivity index (χ0n) is 54.5. The highest BCUT2D eigenvalue weighted by Crippen LogP contribution is 2.45. The zero-order valence-corrected chi connectivity index (χ0v) is 56.3. The van der Waals surface area contributed by atoms with Crippen LogP contribution in [0.5, 0.6) is 0 Å². The lowest BCUT2D eigenvalue weighted by molar-refractivity contribution is -0.161. The fraction of sp³-hybridized carbons (Fsp3) is 0.938. The van der Waals surface area contributed by atoms with Gasteiger partial charge in [-0.05, 0) is 49.4 Å². The van der Waals surface area contributed by atoms with Crippen LogP contribution < -0.4 is 0 Å². The summed E-state index contributed by atoms with van der Waals surface area (Å²) in [5, 5.41) is 10.5. The van der Waals surface area contributed by atoms with E-state index in [-0.39, 0.29) is 25.7 Å². The number of unbranched alkanes of at least 4 members (excludes halogenated alkanes) is 25. The molecular formula is C65H126O17P2. The predicted molar refractivity (Wildman–Crippen MR) is 335 cm³/mol. The van der Waals surface area contributed by atoms with Crippen molar-refractivity contribution in [3.05, 3.63) is 0 Å². The first-order valence-electron chi connectivity index (χ1n) is 33.8. The number of aliphatic hydroxyl groups is 1. The van der Waals surface area contributed by atoms with Crippen molar-refractivity contribution in [2.75, 3.05) is 39.6 Å². The largest absolute Gasteiger partial charge is 0.472 e. The van der Waals surface area contributed by atoms with Crippen molar-refractivity contribution in [1.82, 2.24) is 0 Å². The van der Waals surface area contributed by atoms with Crippen molar-refractivity contribution in [2.45, 2.75) is 331 Å². The number of hydrogen-bond donors (Lipinski definition) is 3. The van der Waals surface area contributed by atoms with E-state index in [4.69, 9.17) is 37.0 Å². The van der Waals surface area contributed by atoms with Gasteiger partial charge in [-0.2, -0.15) is 0 Å². The average Bonchev–Trinajstić information content (AvgIpc) is 3.47. The highest BCUT2D eigenvalue weighted by atomic mass is 31.2. The zero-order chi connectivity index (χ0) is 62.5. The van der Waals surface area contributed by atoms with Gasteiger partial charge in [-0.1, -0.05) is 261 Å². The molecule has 8 atom stereocenters. The molecule has 0 aromatic carbocycles. The quantitative estimate of drug-likeness (QED) is 0.0222. The molecule has 498 valence electrons. The van der Waals surface area contributed by atoms with Crippen LogP contribution in [0.15, 0.2) is 0 Å². The summed E-state index contributed by atoms with van der Waals surface area (Å²) in [6.07, 6.45) is 34.9. The van der Waals surface area contributed by atoms with Crippen LogP contribution in [0, 0.1) is 23.7 Å². The lowest BCUT2D eigenvalue weighted by Gasteiger charge is -2.21. The van der Waals surface area contributed by atoms with Crippen LogP contribution in [0.3, 0.4) is 0 Å². The molecule has 3 N–H and O–H groups in total. The van der Waals surface area contributed by atoms with Crippen LogP contribution in [0.4, 0.5) is 0 Å². The molecule has 0 bridgehead atoms. The maximum absolute atomic E-state index is 13.0. The first-order valence-corrected chi connectivity index (χ1v) is 36.8. The maximum Gasteiger partial charge on any atom is 0.472 e. The van der Waals surface area contributed by atoms with Gasteiger partial charge in [-0.3, -0.25) is 37.3 Å². The second-order valence-electron chi connectivity index (χ2n) is 24.7. The van der Waals surface area contributed by atoms with E-state index in [2.05, 4.69) is 55.4 Å². The smallest absolute Gasteiger partial charge is 0.462 e. The van der Waals surface area contributed by atoms with Gasteiger partial charge in [0.1, 0.15) is 19.3 Å². The molecule has 5 unspecified atom stereocenters. The summed E-state index contributed by atoms with van der Waals surface area (Å²) in [5.74, 6) is 0.820.